The highest BCUT2D eigenvalue weighted by Crippen LogP contribution is 2.34. The minimum absolute atomic E-state index is 0.663. The Morgan fingerprint density at radius 3 is 3.15 bits per heavy atom. The summed E-state index contributed by atoms with van der Waals surface area (Å²) in [7, 11) is 0. The number of anilines is 2. The highest BCUT2D eigenvalue weighted by atomic mass is 32.1. The Labute approximate surface area is 124 Å². The standard InChI is InChI=1S/C13H13N5S2/c1-7-5-19-12-10(7)11(15-6-16-12)18-3-2-8-9(4-18)20-13(14)17-8/h5-6H,2-4H2,1H3,(H2,14,17). The van der Waals surface area contributed by atoms with Crippen LogP contribution in [0.2, 0.25) is 0 Å². The molecule has 0 amide bonds. The summed E-state index contributed by atoms with van der Waals surface area (Å²) in [6, 6.07) is 0. The zero-order valence-electron chi connectivity index (χ0n) is 11.0. The molecule has 3 aromatic heterocycles. The van der Waals surface area contributed by atoms with Gasteiger partial charge in [0.15, 0.2) is 5.13 Å². The molecule has 0 aliphatic carbocycles. The van der Waals surface area contributed by atoms with E-state index in [2.05, 4.69) is 32.2 Å². The maximum absolute atomic E-state index is 5.81. The predicted octanol–water partition coefficient (Wildman–Crippen LogP) is 2.60. The lowest BCUT2D eigenvalue weighted by Crippen LogP contribution is -2.30. The molecule has 3 aromatic rings. The van der Waals surface area contributed by atoms with Gasteiger partial charge in [0.1, 0.15) is 17.0 Å². The van der Waals surface area contributed by atoms with E-state index in [1.807, 2.05) is 0 Å². The summed E-state index contributed by atoms with van der Waals surface area (Å²) in [4.78, 5) is 17.9. The number of thiazole rings is 1. The molecule has 4 heterocycles. The first-order valence-electron chi connectivity index (χ1n) is 6.40. The highest BCUT2D eigenvalue weighted by molar-refractivity contribution is 7.17. The maximum atomic E-state index is 5.81. The van der Waals surface area contributed by atoms with Gasteiger partial charge in [0.05, 0.1) is 17.6 Å². The lowest BCUT2D eigenvalue weighted by molar-refractivity contribution is 0.721. The summed E-state index contributed by atoms with van der Waals surface area (Å²) >= 11 is 3.26. The third kappa shape index (κ3) is 1.77. The normalized spacial score (nSPS) is 14.8. The molecule has 4 rings (SSSR count). The first-order chi connectivity index (χ1) is 9.72. The summed E-state index contributed by atoms with van der Waals surface area (Å²) in [6.45, 7) is 3.88. The van der Waals surface area contributed by atoms with Crippen LogP contribution in [0.15, 0.2) is 11.7 Å². The molecule has 2 N–H and O–H groups in total. The van der Waals surface area contributed by atoms with E-state index in [1.54, 1.807) is 29.0 Å². The molecule has 0 spiro atoms. The van der Waals surface area contributed by atoms with Crippen LogP contribution in [0.1, 0.15) is 16.1 Å². The number of hydrogen-bond donors (Lipinski definition) is 1. The number of fused-ring (bicyclic) bond motifs is 2. The largest absolute Gasteiger partial charge is 0.375 e. The molecule has 0 bridgehead atoms. The van der Waals surface area contributed by atoms with Crippen LogP contribution in [0.4, 0.5) is 10.9 Å². The fraction of sp³-hybridized carbons (Fsp3) is 0.308. The molecule has 5 nitrogen and oxygen atoms in total. The molecule has 102 valence electrons. The van der Waals surface area contributed by atoms with Crippen LogP contribution in [0, 0.1) is 6.92 Å². The van der Waals surface area contributed by atoms with Crippen molar-refractivity contribution in [3.8, 4) is 0 Å². The van der Waals surface area contributed by atoms with E-state index in [-0.39, 0.29) is 0 Å². The fourth-order valence-corrected chi connectivity index (χ4v) is 4.41. The minimum Gasteiger partial charge on any atom is -0.375 e. The average molecular weight is 303 g/mol. The van der Waals surface area contributed by atoms with E-state index >= 15 is 0 Å². The number of aromatic nitrogens is 3. The topological polar surface area (TPSA) is 67.9 Å². The van der Waals surface area contributed by atoms with Gasteiger partial charge < -0.3 is 10.6 Å². The van der Waals surface area contributed by atoms with Crippen LogP contribution in [0.25, 0.3) is 10.2 Å². The zero-order chi connectivity index (χ0) is 13.7. The third-order valence-electron chi connectivity index (χ3n) is 3.58. The van der Waals surface area contributed by atoms with Gasteiger partial charge >= 0.3 is 0 Å². The second-order valence-electron chi connectivity index (χ2n) is 4.89. The van der Waals surface area contributed by atoms with Crippen molar-refractivity contribution in [2.45, 2.75) is 19.9 Å². The van der Waals surface area contributed by atoms with Gasteiger partial charge in [-0.25, -0.2) is 15.0 Å². The Hall–Kier alpha value is -1.73. The molecule has 0 radical (unpaired) electrons. The summed E-state index contributed by atoms with van der Waals surface area (Å²) in [5.74, 6) is 1.03. The fourth-order valence-electron chi connectivity index (χ4n) is 2.63. The van der Waals surface area contributed by atoms with Crippen molar-refractivity contribution in [1.29, 1.82) is 0 Å². The number of hydrogen-bond acceptors (Lipinski definition) is 7. The van der Waals surface area contributed by atoms with Crippen molar-refractivity contribution in [1.82, 2.24) is 15.0 Å². The molecule has 1 aliphatic rings. The van der Waals surface area contributed by atoms with Crippen molar-refractivity contribution < 1.29 is 0 Å². The number of rotatable bonds is 1. The lowest BCUT2D eigenvalue weighted by Gasteiger charge is -2.27. The van der Waals surface area contributed by atoms with Crippen LogP contribution in [0.3, 0.4) is 0 Å². The Morgan fingerprint density at radius 1 is 1.35 bits per heavy atom. The Bertz CT molecular complexity index is 791. The van der Waals surface area contributed by atoms with Crippen molar-refractivity contribution in [2.24, 2.45) is 0 Å². The van der Waals surface area contributed by atoms with Gasteiger partial charge in [-0.3, -0.25) is 0 Å². The number of nitrogen functional groups attached to an aromatic ring is 1. The van der Waals surface area contributed by atoms with Crippen LogP contribution in [-0.4, -0.2) is 21.5 Å². The minimum atomic E-state index is 0.663. The molecule has 7 heteroatoms. The van der Waals surface area contributed by atoms with Crippen LogP contribution >= 0.6 is 22.7 Å². The second-order valence-corrected chi connectivity index (χ2v) is 6.86. The molecule has 0 saturated carbocycles. The molecule has 0 aromatic carbocycles. The summed E-state index contributed by atoms with van der Waals surface area (Å²) in [5, 5.41) is 3.98. The van der Waals surface area contributed by atoms with Gasteiger partial charge in [-0.05, 0) is 17.9 Å². The summed E-state index contributed by atoms with van der Waals surface area (Å²) in [6.07, 6.45) is 2.59. The van der Waals surface area contributed by atoms with Gasteiger partial charge in [0.2, 0.25) is 0 Å². The van der Waals surface area contributed by atoms with Crippen LogP contribution in [-0.2, 0) is 13.0 Å². The molecule has 0 saturated heterocycles. The van der Waals surface area contributed by atoms with E-state index in [9.17, 15) is 0 Å². The van der Waals surface area contributed by atoms with Crippen molar-refractivity contribution in [3.63, 3.8) is 0 Å². The zero-order valence-corrected chi connectivity index (χ0v) is 12.6. The average Bonchev–Trinajstić information content (AvgIpc) is 3.00. The molecule has 0 atom stereocenters. The molecule has 20 heavy (non-hydrogen) atoms. The van der Waals surface area contributed by atoms with Crippen molar-refractivity contribution in [2.75, 3.05) is 17.2 Å². The number of nitrogens with two attached hydrogens (primary N) is 1. The van der Waals surface area contributed by atoms with E-state index in [4.69, 9.17) is 5.73 Å². The quantitative estimate of drug-likeness (QED) is 0.748. The number of nitrogens with zero attached hydrogens (tertiary/aromatic N) is 4. The Kier molecular flexibility index (Phi) is 2.64. The summed E-state index contributed by atoms with van der Waals surface area (Å²) in [5.41, 5.74) is 8.20. The van der Waals surface area contributed by atoms with Gasteiger partial charge in [-0.1, -0.05) is 0 Å². The third-order valence-corrected chi connectivity index (χ3v) is 5.50. The molecule has 0 unspecified atom stereocenters. The predicted molar refractivity (Wildman–Crippen MR) is 83.4 cm³/mol. The Morgan fingerprint density at radius 2 is 2.25 bits per heavy atom. The molecular formula is C13H13N5S2. The first-order valence-corrected chi connectivity index (χ1v) is 8.10. The highest BCUT2D eigenvalue weighted by Gasteiger charge is 2.23. The van der Waals surface area contributed by atoms with E-state index in [0.717, 1.165) is 35.9 Å². The smallest absolute Gasteiger partial charge is 0.180 e. The van der Waals surface area contributed by atoms with Crippen LogP contribution in [0.5, 0.6) is 0 Å². The van der Waals surface area contributed by atoms with Crippen molar-refractivity contribution >= 4 is 43.8 Å². The van der Waals surface area contributed by atoms with Gasteiger partial charge in [-0.15, -0.1) is 22.7 Å². The van der Waals surface area contributed by atoms with Gasteiger partial charge in [-0.2, -0.15) is 0 Å². The van der Waals surface area contributed by atoms with Crippen molar-refractivity contribution in [3.05, 3.63) is 27.8 Å². The SMILES string of the molecule is Cc1csc2ncnc(N3CCc4nc(N)sc4C3)c12. The second kappa shape index (κ2) is 4.39. The van der Waals surface area contributed by atoms with Crippen LogP contribution < -0.4 is 10.6 Å². The molecular weight excluding hydrogens is 290 g/mol. The van der Waals surface area contributed by atoms with Gasteiger partial charge in [0.25, 0.3) is 0 Å². The summed E-state index contributed by atoms with van der Waals surface area (Å²) < 4.78 is 0. The first kappa shape index (κ1) is 12.0. The number of aryl methyl sites for hydroxylation is 1. The van der Waals surface area contributed by atoms with E-state index in [0.29, 0.717) is 5.13 Å². The lowest BCUT2D eigenvalue weighted by atomic mass is 10.1. The number of thiophene rings is 1. The van der Waals surface area contributed by atoms with E-state index < -0.39 is 0 Å². The molecule has 0 fully saturated rings. The van der Waals surface area contributed by atoms with Gasteiger partial charge in [0, 0.05) is 17.8 Å². The van der Waals surface area contributed by atoms with E-state index in [1.165, 1.54) is 15.8 Å². The monoisotopic (exact) mass is 303 g/mol. The Balaban J connectivity index is 1.79. The maximum Gasteiger partial charge on any atom is 0.180 e. The molecule has 1 aliphatic heterocycles.